The number of amides is 2. The van der Waals surface area contributed by atoms with Crippen molar-refractivity contribution in [3.05, 3.63) is 76.4 Å². The van der Waals surface area contributed by atoms with Gasteiger partial charge in [0.05, 0.1) is 42.2 Å². The van der Waals surface area contributed by atoms with Gasteiger partial charge in [0.2, 0.25) is 0 Å². The lowest BCUT2D eigenvalue weighted by atomic mass is 10.0. The Balaban J connectivity index is 1.82. The van der Waals surface area contributed by atoms with Gasteiger partial charge in [-0.05, 0) is 36.4 Å². The Hall–Kier alpha value is -3.75. The highest BCUT2D eigenvalue weighted by molar-refractivity contribution is 6.34. The fourth-order valence-electron chi connectivity index (χ4n) is 3.42. The first-order chi connectivity index (χ1) is 17.8. The highest BCUT2D eigenvalue weighted by Crippen LogP contribution is 2.32. The SMILES string of the molecule is Nc1c(C(=O)NCC(O)(CN(CCO)C(=O)c2cccc(F)c2Cl)C(F)(F)F)cnn1-c1ccc(F)cc1. The summed E-state index contributed by atoms with van der Waals surface area (Å²) in [6, 6.07) is 7.93. The Kier molecular flexibility index (Phi) is 8.59. The zero-order valence-electron chi connectivity index (χ0n) is 19.3. The van der Waals surface area contributed by atoms with Gasteiger partial charge >= 0.3 is 6.18 Å². The van der Waals surface area contributed by atoms with Gasteiger partial charge in [-0.2, -0.15) is 18.3 Å². The van der Waals surface area contributed by atoms with E-state index in [1.165, 1.54) is 12.1 Å². The van der Waals surface area contributed by atoms with Crippen molar-refractivity contribution in [2.24, 2.45) is 0 Å². The third-order valence-electron chi connectivity index (χ3n) is 5.48. The molecule has 3 rings (SSSR count). The maximum absolute atomic E-state index is 13.9. The second kappa shape index (κ2) is 11.3. The molecule has 2 amide bonds. The zero-order valence-corrected chi connectivity index (χ0v) is 20.1. The average molecular weight is 562 g/mol. The van der Waals surface area contributed by atoms with E-state index in [4.69, 9.17) is 17.3 Å². The number of nitrogen functional groups attached to an aromatic ring is 1. The molecule has 1 heterocycles. The van der Waals surface area contributed by atoms with Crippen LogP contribution in [0.2, 0.25) is 5.02 Å². The van der Waals surface area contributed by atoms with Gasteiger partial charge in [0.25, 0.3) is 11.8 Å². The second-order valence-corrected chi connectivity index (χ2v) is 8.47. The maximum Gasteiger partial charge on any atom is 0.420 e. The molecule has 0 aliphatic heterocycles. The van der Waals surface area contributed by atoms with Crippen molar-refractivity contribution in [3.63, 3.8) is 0 Å². The van der Waals surface area contributed by atoms with E-state index >= 15 is 0 Å². The number of rotatable bonds is 9. The fourth-order valence-corrected chi connectivity index (χ4v) is 3.62. The van der Waals surface area contributed by atoms with E-state index in [0.717, 1.165) is 41.2 Å². The number of hydrogen-bond donors (Lipinski definition) is 4. The molecule has 15 heteroatoms. The van der Waals surface area contributed by atoms with Gasteiger partial charge in [-0.1, -0.05) is 17.7 Å². The predicted octanol–water partition coefficient (Wildman–Crippen LogP) is 2.54. The summed E-state index contributed by atoms with van der Waals surface area (Å²) in [6.07, 6.45) is -4.40. The number of benzene rings is 2. The van der Waals surface area contributed by atoms with E-state index in [1.54, 1.807) is 0 Å². The number of halogens is 6. The van der Waals surface area contributed by atoms with Crippen LogP contribution < -0.4 is 11.1 Å². The summed E-state index contributed by atoms with van der Waals surface area (Å²) in [4.78, 5) is 25.9. The van der Waals surface area contributed by atoms with Crippen LogP contribution in [0.3, 0.4) is 0 Å². The number of aromatic nitrogens is 2. The summed E-state index contributed by atoms with van der Waals surface area (Å²) in [5, 5.41) is 25.0. The Morgan fingerprint density at radius 2 is 1.76 bits per heavy atom. The number of aliphatic hydroxyl groups excluding tert-OH is 1. The molecule has 1 aromatic heterocycles. The molecule has 0 radical (unpaired) electrons. The molecule has 2 aromatic carbocycles. The van der Waals surface area contributed by atoms with Gasteiger partial charge in [-0.15, -0.1) is 0 Å². The summed E-state index contributed by atoms with van der Waals surface area (Å²) in [5.74, 6) is -4.15. The van der Waals surface area contributed by atoms with E-state index < -0.39 is 72.1 Å². The first-order valence-electron chi connectivity index (χ1n) is 10.8. The number of nitrogens with zero attached hydrogens (tertiary/aromatic N) is 3. The standard InChI is InChI=1S/C23H21ClF5N5O4/c24-18-15(2-1-3-17(18)26)21(37)33(8-9-35)12-22(38,23(27,28)29)11-31-20(36)16-10-32-34(19(16)30)14-6-4-13(25)5-7-14/h1-7,10,35,38H,8-9,11-12,30H2,(H,31,36). The molecule has 0 saturated heterocycles. The molecule has 5 N–H and O–H groups in total. The first kappa shape index (κ1) is 28.8. The third kappa shape index (κ3) is 6.03. The summed E-state index contributed by atoms with van der Waals surface area (Å²) in [6.45, 7) is -4.33. The van der Waals surface area contributed by atoms with E-state index in [-0.39, 0.29) is 17.1 Å². The lowest BCUT2D eigenvalue weighted by molar-refractivity contribution is -0.260. The molecule has 9 nitrogen and oxygen atoms in total. The molecule has 38 heavy (non-hydrogen) atoms. The van der Waals surface area contributed by atoms with E-state index in [1.807, 2.05) is 5.32 Å². The molecule has 204 valence electrons. The summed E-state index contributed by atoms with van der Waals surface area (Å²) < 4.78 is 69.8. The minimum atomic E-state index is -5.37. The van der Waals surface area contributed by atoms with E-state index in [0.29, 0.717) is 4.90 Å². The van der Waals surface area contributed by atoms with Crippen LogP contribution in [0.15, 0.2) is 48.7 Å². The average Bonchev–Trinajstić information content (AvgIpc) is 3.24. The molecule has 0 spiro atoms. The van der Waals surface area contributed by atoms with Crippen LogP contribution in [-0.2, 0) is 0 Å². The number of carbonyl (C=O) groups is 2. The molecule has 0 bridgehead atoms. The van der Waals surface area contributed by atoms with Gasteiger partial charge in [-0.25, -0.2) is 13.5 Å². The van der Waals surface area contributed by atoms with Gasteiger partial charge in [-0.3, -0.25) is 9.59 Å². The number of carbonyl (C=O) groups excluding carboxylic acids is 2. The topological polar surface area (TPSA) is 134 Å². The number of nitrogens with two attached hydrogens (primary N) is 1. The molecule has 0 saturated carbocycles. The number of aliphatic hydroxyl groups is 2. The lowest BCUT2D eigenvalue weighted by Crippen LogP contribution is -2.60. The van der Waals surface area contributed by atoms with Crippen molar-refractivity contribution in [1.29, 1.82) is 0 Å². The third-order valence-corrected chi connectivity index (χ3v) is 5.87. The van der Waals surface area contributed by atoms with Crippen LogP contribution in [-0.4, -0.2) is 74.7 Å². The van der Waals surface area contributed by atoms with Crippen LogP contribution in [0.25, 0.3) is 5.69 Å². The Morgan fingerprint density at radius 3 is 2.37 bits per heavy atom. The van der Waals surface area contributed by atoms with Gasteiger partial charge in [0.1, 0.15) is 23.0 Å². The quantitative estimate of drug-likeness (QED) is 0.297. The number of alkyl halides is 3. The summed E-state index contributed by atoms with van der Waals surface area (Å²) >= 11 is 5.77. The van der Waals surface area contributed by atoms with Crippen LogP contribution in [0.1, 0.15) is 20.7 Å². The molecular weight excluding hydrogens is 541 g/mol. The molecule has 0 aliphatic rings. The van der Waals surface area contributed by atoms with Crippen molar-refractivity contribution in [1.82, 2.24) is 20.0 Å². The largest absolute Gasteiger partial charge is 0.420 e. The van der Waals surface area contributed by atoms with Crippen LogP contribution in [0, 0.1) is 11.6 Å². The summed E-state index contributed by atoms with van der Waals surface area (Å²) in [5.41, 5.74) is 1.63. The van der Waals surface area contributed by atoms with Crippen molar-refractivity contribution >= 4 is 29.2 Å². The Morgan fingerprint density at radius 1 is 1.11 bits per heavy atom. The molecule has 3 aromatic rings. The van der Waals surface area contributed by atoms with Gasteiger partial charge < -0.3 is 26.2 Å². The minimum Gasteiger partial charge on any atom is -0.395 e. The Bertz CT molecular complexity index is 1320. The predicted molar refractivity (Wildman–Crippen MR) is 126 cm³/mol. The van der Waals surface area contributed by atoms with Crippen LogP contribution >= 0.6 is 11.6 Å². The van der Waals surface area contributed by atoms with Gasteiger partial charge in [0, 0.05) is 6.54 Å². The maximum atomic E-state index is 13.9. The lowest BCUT2D eigenvalue weighted by Gasteiger charge is -2.35. The van der Waals surface area contributed by atoms with Crippen molar-refractivity contribution < 1.29 is 41.8 Å². The second-order valence-electron chi connectivity index (χ2n) is 8.10. The number of anilines is 1. The van der Waals surface area contributed by atoms with Crippen LogP contribution in [0.4, 0.5) is 27.8 Å². The first-order valence-corrected chi connectivity index (χ1v) is 11.2. The van der Waals surface area contributed by atoms with Gasteiger partial charge in [0.15, 0.2) is 5.60 Å². The van der Waals surface area contributed by atoms with Crippen molar-refractivity contribution in [3.8, 4) is 5.69 Å². The number of nitrogens with one attached hydrogen (secondary N) is 1. The fraction of sp³-hybridized carbons (Fsp3) is 0.261. The molecule has 0 aliphatic carbocycles. The molecular formula is C23H21ClF5N5O4. The molecule has 1 atom stereocenters. The smallest absolute Gasteiger partial charge is 0.395 e. The zero-order chi connectivity index (χ0) is 28.3. The van der Waals surface area contributed by atoms with Crippen molar-refractivity contribution in [2.45, 2.75) is 11.8 Å². The normalized spacial score (nSPS) is 13.2. The number of hydrogen-bond acceptors (Lipinski definition) is 6. The Labute approximate surface area is 217 Å². The van der Waals surface area contributed by atoms with E-state index in [2.05, 4.69) is 5.10 Å². The highest BCUT2D eigenvalue weighted by atomic mass is 35.5. The molecule has 0 fully saturated rings. The van der Waals surface area contributed by atoms with Crippen LogP contribution in [0.5, 0.6) is 0 Å². The van der Waals surface area contributed by atoms with E-state index in [9.17, 15) is 41.8 Å². The summed E-state index contributed by atoms with van der Waals surface area (Å²) in [7, 11) is 0. The minimum absolute atomic E-state index is 0.268. The van der Waals surface area contributed by atoms with Crippen molar-refractivity contribution in [2.75, 3.05) is 32.0 Å². The highest BCUT2D eigenvalue weighted by Gasteiger charge is 2.55. The molecule has 1 unspecified atom stereocenters. The monoisotopic (exact) mass is 561 g/mol.